The molecule has 4 rings (SSSR count). The molecule has 2 unspecified atom stereocenters. The van der Waals surface area contributed by atoms with Crippen molar-refractivity contribution >= 4 is 12.4 Å². The number of nitrogens with one attached hydrogen (secondary N) is 1. The molecule has 4 aliphatic rings. The highest BCUT2D eigenvalue weighted by atomic mass is 35.5. The second-order valence-corrected chi connectivity index (χ2v) is 7.78. The largest absolute Gasteiger partial charge is 0.389 e. The maximum absolute atomic E-state index is 10.1. The molecule has 0 aromatic rings. The van der Waals surface area contributed by atoms with Crippen molar-refractivity contribution in [3.8, 4) is 0 Å². The molecule has 4 heteroatoms. The van der Waals surface area contributed by atoms with Crippen molar-refractivity contribution in [2.45, 2.75) is 76.5 Å². The quantitative estimate of drug-likeness (QED) is 0.758. The summed E-state index contributed by atoms with van der Waals surface area (Å²) in [7, 11) is 0. The predicted octanol–water partition coefficient (Wildman–Crippen LogP) is 3.14. The average molecular weight is 318 g/mol. The smallest absolute Gasteiger partial charge is 0.0898 e. The summed E-state index contributed by atoms with van der Waals surface area (Å²) < 4.78 is 6.28. The minimum absolute atomic E-state index is 0. The molecule has 124 valence electrons. The highest BCUT2D eigenvalue weighted by Gasteiger charge is 2.51. The molecular weight excluding hydrogens is 286 g/mol. The molecule has 4 bridgehead atoms. The van der Waals surface area contributed by atoms with E-state index in [1.165, 1.54) is 38.5 Å². The van der Waals surface area contributed by atoms with Crippen molar-refractivity contribution in [1.29, 1.82) is 0 Å². The normalized spacial score (nSPS) is 39.9. The Labute approximate surface area is 135 Å². The summed E-state index contributed by atoms with van der Waals surface area (Å²) in [6.45, 7) is 5.49. The number of hydrogen-bond acceptors (Lipinski definition) is 3. The van der Waals surface area contributed by atoms with E-state index in [9.17, 15) is 5.11 Å². The highest BCUT2D eigenvalue weighted by molar-refractivity contribution is 5.85. The van der Waals surface area contributed by atoms with Crippen LogP contribution >= 0.6 is 12.4 Å². The van der Waals surface area contributed by atoms with Gasteiger partial charge in [0.2, 0.25) is 0 Å². The average Bonchev–Trinajstić information content (AvgIpc) is 2.41. The van der Waals surface area contributed by atoms with Gasteiger partial charge in [0.05, 0.1) is 18.3 Å². The van der Waals surface area contributed by atoms with Crippen LogP contribution in [0.25, 0.3) is 0 Å². The summed E-state index contributed by atoms with van der Waals surface area (Å²) in [6, 6.07) is 0.476. The van der Waals surface area contributed by atoms with Gasteiger partial charge in [0.1, 0.15) is 0 Å². The van der Waals surface area contributed by atoms with E-state index in [2.05, 4.69) is 19.2 Å². The van der Waals surface area contributed by atoms with Gasteiger partial charge >= 0.3 is 0 Å². The van der Waals surface area contributed by atoms with Gasteiger partial charge in [0.25, 0.3) is 0 Å². The standard InChI is InChI=1S/C17H31NO2.ClH/c1-3-12(2)18-10-16(19)11-20-17-7-13-4-14(8-17)6-15(5-13)9-17;/h12-16,18-19H,3-11H2,1-2H3;1H. The minimum Gasteiger partial charge on any atom is -0.389 e. The number of halogens is 1. The van der Waals surface area contributed by atoms with Crippen molar-refractivity contribution in [2.24, 2.45) is 17.8 Å². The summed E-state index contributed by atoms with van der Waals surface area (Å²) in [5.74, 6) is 2.74. The van der Waals surface area contributed by atoms with Gasteiger partial charge in [-0.2, -0.15) is 0 Å². The fraction of sp³-hybridized carbons (Fsp3) is 1.00. The molecule has 0 heterocycles. The third-order valence-corrected chi connectivity index (χ3v) is 5.88. The van der Waals surface area contributed by atoms with Crippen LogP contribution in [0.2, 0.25) is 0 Å². The van der Waals surface area contributed by atoms with Gasteiger partial charge < -0.3 is 15.2 Å². The number of aliphatic hydroxyl groups excluding tert-OH is 1. The zero-order valence-electron chi connectivity index (χ0n) is 13.5. The van der Waals surface area contributed by atoms with Gasteiger partial charge in [0, 0.05) is 12.6 Å². The van der Waals surface area contributed by atoms with Crippen LogP contribution in [-0.4, -0.2) is 36.0 Å². The van der Waals surface area contributed by atoms with Crippen molar-refractivity contribution in [3.63, 3.8) is 0 Å². The maximum Gasteiger partial charge on any atom is 0.0898 e. The van der Waals surface area contributed by atoms with Crippen LogP contribution < -0.4 is 5.32 Å². The number of rotatable bonds is 7. The highest BCUT2D eigenvalue weighted by Crippen LogP contribution is 2.57. The Bertz CT molecular complexity index is 301. The molecule has 0 aromatic heterocycles. The van der Waals surface area contributed by atoms with E-state index < -0.39 is 0 Å². The van der Waals surface area contributed by atoms with Gasteiger partial charge in [-0.1, -0.05) is 6.92 Å². The van der Waals surface area contributed by atoms with Gasteiger partial charge in [-0.25, -0.2) is 0 Å². The molecule has 2 atom stereocenters. The molecule has 0 amide bonds. The molecule has 0 aromatic carbocycles. The van der Waals surface area contributed by atoms with E-state index in [0.29, 0.717) is 19.2 Å². The van der Waals surface area contributed by atoms with Crippen molar-refractivity contribution in [2.75, 3.05) is 13.2 Å². The lowest BCUT2D eigenvalue weighted by atomic mass is 9.54. The minimum atomic E-state index is -0.364. The van der Waals surface area contributed by atoms with Crippen molar-refractivity contribution in [1.82, 2.24) is 5.32 Å². The first-order chi connectivity index (χ1) is 9.58. The summed E-state index contributed by atoms with van der Waals surface area (Å²) in [6.07, 6.45) is 8.83. The van der Waals surface area contributed by atoms with Crippen LogP contribution in [0, 0.1) is 17.8 Å². The monoisotopic (exact) mass is 317 g/mol. The third-order valence-electron chi connectivity index (χ3n) is 5.88. The Morgan fingerprint density at radius 3 is 2.14 bits per heavy atom. The Kier molecular flexibility index (Phi) is 5.98. The Balaban J connectivity index is 0.00000161. The molecule has 0 aliphatic heterocycles. The van der Waals surface area contributed by atoms with Crippen LogP contribution in [0.3, 0.4) is 0 Å². The van der Waals surface area contributed by atoms with Gasteiger partial charge in [-0.05, 0) is 69.6 Å². The summed E-state index contributed by atoms with van der Waals surface area (Å²) >= 11 is 0. The lowest BCUT2D eigenvalue weighted by Crippen LogP contribution is -2.53. The van der Waals surface area contributed by atoms with E-state index in [1.54, 1.807) is 0 Å². The maximum atomic E-state index is 10.1. The first-order valence-electron chi connectivity index (χ1n) is 8.64. The molecule has 4 fully saturated rings. The summed E-state index contributed by atoms with van der Waals surface area (Å²) in [5.41, 5.74) is 0.131. The van der Waals surface area contributed by atoms with Crippen LogP contribution in [0.4, 0.5) is 0 Å². The number of hydrogen-bond donors (Lipinski definition) is 2. The first kappa shape index (κ1) is 17.5. The van der Waals surface area contributed by atoms with E-state index in [1.807, 2.05) is 0 Å². The molecule has 4 saturated carbocycles. The predicted molar refractivity (Wildman–Crippen MR) is 87.9 cm³/mol. The molecule has 0 radical (unpaired) electrons. The van der Waals surface area contributed by atoms with Crippen LogP contribution in [0.15, 0.2) is 0 Å². The Hall–Kier alpha value is 0.170. The molecule has 2 N–H and O–H groups in total. The Morgan fingerprint density at radius 1 is 1.14 bits per heavy atom. The SMILES string of the molecule is CCC(C)NCC(O)COC12CC3CC(CC(C3)C1)C2.Cl. The fourth-order valence-electron chi connectivity index (χ4n) is 5.02. The lowest BCUT2D eigenvalue weighted by molar-refractivity contribution is -0.174. The van der Waals surface area contributed by atoms with Crippen molar-refractivity contribution < 1.29 is 9.84 Å². The number of ether oxygens (including phenoxy) is 1. The van der Waals surface area contributed by atoms with Crippen LogP contribution in [0.1, 0.15) is 58.8 Å². The molecule has 4 aliphatic carbocycles. The topological polar surface area (TPSA) is 41.5 Å². The van der Waals surface area contributed by atoms with E-state index in [4.69, 9.17) is 4.74 Å². The number of aliphatic hydroxyl groups is 1. The summed E-state index contributed by atoms with van der Waals surface area (Å²) in [5, 5.41) is 13.5. The second kappa shape index (κ2) is 7.16. The van der Waals surface area contributed by atoms with Crippen molar-refractivity contribution in [3.05, 3.63) is 0 Å². The second-order valence-electron chi connectivity index (χ2n) is 7.78. The molecule has 0 spiro atoms. The van der Waals surface area contributed by atoms with Crippen LogP contribution in [0.5, 0.6) is 0 Å². The lowest BCUT2D eigenvalue weighted by Gasteiger charge is -2.56. The van der Waals surface area contributed by atoms with Gasteiger partial charge in [0.15, 0.2) is 0 Å². The first-order valence-corrected chi connectivity index (χ1v) is 8.64. The van der Waals surface area contributed by atoms with E-state index >= 15 is 0 Å². The van der Waals surface area contributed by atoms with E-state index in [-0.39, 0.29) is 24.1 Å². The molecule has 3 nitrogen and oxygen atoms in total. The van der Waals surface area contributed by atoms with Gasteiger partial charge in [-0.15, -0.1) is 12.4 Å². The molecule has 0 saturated heterocycles. The van der Waals surface area contributed by atoms with Gasteiger partial charge in [-0.3, -0.25) is 0 Å². The fourth-order valence-corrected chi connectivity index (χ4v) is 5.02. The molecular formula is C17H32ClNO2. The van der Waals surface area contributed by atoms with Crippen LogP contribution in [-0.2, 0) is 4.74 Å². The Morgan fingerprint density at radius 2 is 1.67 bits per heavy atom. The molecule has 21 heavy (non-hydrogen) atoms. The summed E-state index contributed by atoms with van der Waals surface area (Å²) in [4.78, 5) is 0. The zero-order chi connectivity index (χ0) is 14.2. The van der Waals surface area contributed by atoms with E-state index in [0.717, 1.165) is 24.2 Å². The zero-order valence-corrected chi connectivity index (χ0v) is 14.3. The third kappa shape index (κ3) is 4.13.